The van der Waals surface area contributed by atoms with Crippen LogP contribution >= 0.6 is 11.6 Å². The molecule has 2 aromatic rings. The lowest BCUT2D eigenvalue weighted by atomic mass is 10.0. The van der Waals surface area contributed by atoms with Crippen molar-refractivity contribution in [1.82, 2.24) is 15.2 Å². The zero-order valence-electron chi connectivity index (χ0n) is 19.6. The van der Waals surface area contributed by atoms with Crippen LogP contribution in [0.25, 0.3) is 16.3 Å². The van der Waals surface area contributed by atoms with Gasteiger partial charge in [-0.25, -0.2) is 8.78 Å². The number of fused-ring (bicyclic) bond motifs is 1. The number of carbonyl (C=O) groups excluding carboxylic acids is 1. The summed E-state index contributed by atoms with van der Waals surface area (Å²) in [6.07, 6.45) is 7.82. The van der Waals surface area contributed by atoms with Crippen LogP contribution in [-0.2, 0) is 4.79 Å². The van der Waals surface area contributed by atoms with Crippen LogP contribution in [0, 0.1) is 0 Å². The van der Waals surface area contributed by atoms with Crippen molar-refractivity contribution >= 4 is 33.9 Å². The van der Waals surface area contributed by atoms with Crippen LogP contribution < -0.4 is 5.32 Å². The van der Waals surface area contributed by atoms with Gasteiger partial charge >= 0.3 is 0 Å². The number of nitrogens with zero attached hydrogens (tertiary/aromatic N) is 2. The van der Waals surface area contributed by atoms with E-state index in [-0.39, 0.29) is 5.91 Å². The molecule has 2 aliphatic rings. The van der Waals surface area contributed by atoms with E-state index in [1.54, 1.807) is 32.3 Å². The summed E-state index contributed by atoms with van der Waals surface area (Å²) in [6, 6.07) is 8.83. The number of nitrogens with one attached hydrogen (secondary N) is 1. The fourth-order valence-electron chi connectivity index (χ4n) is 3.86. The molecule has 2 heterocycles. The molecule has 1 aromatic carbocycles. The Hall–Kier alpha value is -3.25. The van der Waals surface area contributed by atoms with Crippen molar-refractivity contribution in [1.29, 1.82) is 0 Å². The number of pyridine rings is 1. The summed E-state index contributed by atoms with van der Waals surface area (Å²) in [4.78, 5) is 19.0. The van der Waals surface area contributed by atoms with Crippen molar-refractivity contribution in [2.75, 3.05) is 7.05 Å². The fourth-order valence-corrected chi connectivity index (χ4v) is 4.07. The zero-order valence-corrected chi connectivity index (χ0v) is 20.4. The van der Waals surface area contributed by atoms with Crippen LogP contribution in [-0.4, -0.2) is 35.3 Å². The Balaban J connectivity index is 0.00000158. The first-order valence-electron chi connectivity index (χ1n) is 11.2. The summed E-state index contributed by atoms with van der Waals surface area (Å²) in [5, 5.41) is 5.55. The summed E-state index contributed by atoms with van der Waals surface area (Å²) in [5.74, 6) is -0.377. The molecule has 4 nitrogen and oxygen atoms in total. The maximum atomic E-state index is 13.2. The largest absolute Gasteiger partial charge is 0.365 e. The third-order valence-corrected chi connectivity index (χ3v) is 5.96. The molecule has 1 unspecified atom stereocenters. The van der Waals surface area contributed by atoms with E-state index >= 15 is 0 Å². The molecule has 1 aliphatic heterocycles. The van der Waals surface area contributed by atoms with E-state index in [1.807, 2.05) is 50.3 Å². The van der Waals surface area contributed by atoms with Crippen LogP contribution in [0.5, 0.6) is 0 Å². The molecule has 0 spiro atoms. The Labute approximate surface area is 204 Å². The molecule has 4 rings (SSSR count). The average molecular weight is 484 g/mol. The molecular formula is C27H28ClF2N3O. The van der Waals surface area contributed by atoms with Crippen molar-refractivity contribution in [2.24, 2.45) is 0 Å². The van der Waals surface area contributed by atoms with E-state index < -0.39 is 12.5 Å². The third kappa shape index (κ3) is 5.45. The quantitative estimate of drug-likeness (QED) is 0.534. The average Bonchev–Trinajstić information content (AvgIpc) is 3.02. The minimum atomic E-state index is -2.54. The first-order valence-corrected chi connectivity index (χ1v) is 11.6. The molecule has 0 fully saturated rings. The van der Waals surface area contributed by atoms with Gasteiger partial charge in [0.2, 0.25) is 0 Å². The van der Waals surface area contributed by atoms with Gasteiger partial charge in [0, 0.05) is 41.5 Å². The molecule has 34 heavy (non-hydrogen) atoms. The molecule has 0 bridgehead atoms. The highest BCUT2D eigenvalue weighted by Gasteiger charge is 2.28. The number of rotatable bonds is 4. The predicted molar refractivity (Wildman–Crippen MR) is 135 cm³/mol. The van der Waals surface area contributed by atoms with Gasteiger partial charge in [0.1, 0.15) is 6.04 Å². The second-order valence-electron chi connectivity index (χ2n) is 7.71. The van der Waals surface area contributed by atoms with Crippen molar-refractivity contribution in [3.8, 4) is 0 Å². The molecule has 1 atom stereocenters. The van der Waals surface area contributed by atoms with E-state index in [0.29, 0.717) is 28.4 Å². The van der Waals surface area contributed by atoms with E-state index in [0.717, 1.165) is 22.0 Å². The smallest absolute Gasteiger partial charge is 0.262 e. The fraction of sp³-hybridized carbons (Fsp3) is 0.259. The van der Waals surface area contributed by atoms with Gasteiger partial charge < -0.3 is 10.2 Å². The van der Waals surface area contributed by atoms with E-state index in [4.69, 9.17) is 11.6 Å². The van der Waals surface area contributed by atoms with Gasteiger partial charge in [-0.3, -0.25) is 9.78 Å². The van der Waals surface area contributed by atoms with E-state index in [9.17, 15) is 13.6 Å². The lowest BCUT2D eigenvalue weighted by Gasteiger charge is -2.32. The molecule has 1 aliphatic carbocycles. The van der Waals surface area contributed by atoms with E-state index in [1.165, 1.54) is 17.1 Å². The maximum absolute atomic E-state index is 13.2. The minimum Gasteiger partial charge on any atom is -0.365 e. The van der Waals surface area contributed by atoms with Gasteiger partial charge in [-0.05, 0) is 48.3 Å². The van der Waals surface area contributed by atoms with Crippen LogP contribution in [0.3, 0.4) is 0 Å². The lowest BCUT2D eigenvalue weighted by molar-refractivity contribution is -0.116. The van der Waals surface area contributed by atoms with Crippen LogP contribution in [0.15, 0.2) is 88.9 Å². The number of likely N-dealkylation sites (N-methyl/N-ethyl adjacent to an activating group) is 1. The van der Waals surface area contributed by atoms with Gasteiger partial charge in [-0.2, -0.15) is 0 Å². The van der Waals surface area contributed by atoms with Crippen molar-refractivity contribution in [3.05, 3.63) is 94.6 Å². The highest BCUT2D eigenvalue weighted by Crippen LogP contribution is 2.31. The standard InChI is InChI=1S/C25H22ClF2N3O.C2H6/c1-15-20(9-10-22(24(27)28)31(15)2)25(32)30-19-8-7-18(26)13-17(14-19)23-21-6-4-3-5-16(21)11-12-29-23;1-2/h3-12,14,22,24H,13H2,1-2H3,(H,30,32);1-2H3. The molecular weight excluding hydrogens is 456 g/mol. The first kappa shape index (κ1) is 25.4. The minimum absolute atomic E-state index is 0.336. The summed E-state index contributed by atoms with van der Waals surface area (Å²) < 4.78 is 26.4. The van der Waals surface area contributed by atoms with Crippen LogP contribution in [0.4, 0.5) is 8.78 Å². The van der Waals surface area contributed by atoms with Gasteiger partial charge in [0.15, 0.2) is 0 Å². The topological polar surface area (TPSA) is 45.2 Å². The Kier molecular flexibility index (Phi) is 8.40. The number of halogens is 3. The Morgan fingerprint density at radius 2 is 1.94 bits per heavy atom. The Morgan fingerprint density at radius 3 is 2.68 bits per heavy atom. The molecule has 7 heteroatoms. The third-order valence-electron chi connectivity index (χ3n) is 5.70. The second-order valence-corrected chi connectivity index (χ2v) is 8.20. The number of allylic oxidation sites excluding steroid dienone is 6. The summed E-state index contributed by atoms with van der Waals surface area (Å²) in [7, 11) is 1.56. The Morgan fingerprint density at radius 1 is 1.21 bits per heavy atom. The molecule has 178 valence electrons. The lowest BCUT2D eigenvalue weighted by Crippen LogP contribution is -2.39. The summed E-state index contributed by atoms with van der Waals surface area (Å²) >= 11 is 6.39. The molecule has 1 amide bonds. The van der Waals surface area contributed by atoms with Crippen molar-refractivity contribution < 1.29 is 13.6 Å². The van der Waals surface area contributed by atoms with E-state index in [2.05, 4.69) is 10.3 Å². The predicted octanol–water partition coefficient (Wildman–Crippen LogP) is 6.58. The van der Waals surface area contributed by atoms with Gasteiger partial charge in [0.05, 0.1) is 11.3 Å². The van der Waals surface area contributed by atoms with Crippen molar-refractivity contribution in [3.63, 3.8) is 0 Å². The highest BCUT2D eigenvalue weighted by molar-refractivity contribution is 6.30. The van der Waals surface area contributed by atoms with Crippen molar-refractivity contribution in [2.45, 2.75) is 39.7 Å². The normalized spacial score (nSPS) is 18.1. The second kappa shape index (κ2) is 11.3. The highest BCUT2D eigenvalue weighted by atomic mass is 35.5. The van der Waals surface area contributed by atoms with Gasteiger partial charge in [-0.1, -0.05) is 55.8 Å². The summed E-state index contributed by atoms with van der Waals surface area (Å²) in [6.45, 7) is 5.66. The number of aromatic nitrogens is 1. The SMILES string of the molecule is CC.CC1=C(C(=O)NC2=CC=C(Cl)CC(c3nccc4ccccc34)=C2)C=CC(C(F)F)N1C. The van der Waals surface area contributed by atoms with Crippen LogP contribution in [0.2, 0.25) is 0 Å². The number of alkyl halides is 2. The number of amides is 1. The summed E-state index contributed by atoms with van der Waals surface area (Å²) in [5.41, 5.74) is 3.03. The van der Waals surface area contributed by atoms with Gasteiger partial charge in [-0.15, -0.1) is 0 Å². The molecule has 1 aromatic heterocycles. The molecule has 1 N–H and O–H groups in total. The zero-order chi connectivity index (χ0) is 24.8. The molecule has 0 saturated heterocycles. The van der Waals surface area contributed by atoms with Gasteiger partial charge in [0.25, 0.3) is 12.3 Å². The number of hydrogen-bond acceptors (Lipinski definition) is 3. The van der Waals surface area contributed by atoms with Crippen LogP contribution in [0.1, 0.15) is 32.9 Å². The molecule has 0 radical (unpaired) electrons. The first-order chi connectivity index (χ1) is 16.3. The Bertz CT molecular complexity index is 1220. The monoisotopic (exact) mass is 483 g/mol. The maximum Gasteiger partial charge on any atom is 0.262 e. The molecule has 0 saturated carbocycles. The number of carbonyl (C=O) groups is 1. The number of hydrogen-bond donors (Lipinski definition) is 1. The number of benzene rings is 1.